The Labute approximate surface area is 173 Å². The van der Waals surface area contributed by atoms with E-state index in [9.17, 15) is 4.39 Å². The van der Waals surface area contributed by atoms with Gasteiger partial charge in [0.2, 0.25) is 5.95 Å². The van der Waals surface area contributed by atoms with E-state index < -0.39 is 0 Å². The number of anilines is 1. The fraction of sp³-hybridized carbons (Fsp3) is 0.273. The lowest BCUT2D eigenvalue weighted by Gasteiger charge is -2.23. The quantitative estimate of drug-likeness (QED) is 0.549. The first-order valence-corrected chi connectivity index (χ1v) is 10.0. The van der Waals surface area contributed by atoms with Gasteiger partial charge in [-0.3, -0.25) is 4.40 Å². The van der Waals surface area contributed by atoms with Gasteiger partial charge in [-0.05, 0) is 42.7 Å². The molecule has 5 rings (SSSR count). The number of benzene rings is 1. The maximum absolute atomic E-state index is 14.0. The summed E-state index contributed by atoms with van der Waals surface area (Å²) in [5.41, 5.74) is 3.01. The van der Waals surface area contributed by atoms with E-state index in [1.54, 1.807) is 18.3 Å². The molecule has 0 spiro atoms. The lowest BCUT2D eigenvalue weighted by Crippen LogP contribution is -2.28. The Kier molecular flexibility index (Phi) is 5.06. The Morgan fingerprint density at radius 1 is 1.10 bits per heavy atom. The standard InChI is InChI=1S/C22H21FN6O/c23-18-4-2-1-3-15(18)13-20-27-28-21-14-16(6-10-29(20)21)19-5-9-24-22(26-19)25-17-7-11-30-12-8-17/h1-6,9-10,14,17H,7-8,11-13H2,(H,24,25,26). The highest BCUT2D eigenvalue weighted by Gasteiger charge is 2.15. The van der Waals surface area contributed by atoms with Crippen molar-refractivity contribution >= 4 is 11.6 Å². The number of aromatic nitrogens is 5. The molecule has 0 unspecified atom stereocenters. The molecule has 4 aromatic rings. The normalized spacial score (nSPS) is 14.8. The molecule has 1 fully saturated rings. The van der Waals surface area contributed by atoms with Crippen molar-refractivity contribution in [3.05, 3.63) is 72.1 Å². The van der Waals surface area contributed by atoms with E-state index in [2.05, 4.69) is 25.5 Å². The minimum absolute atomic E-state index is 0.239. The van der Waals surface area contributed by atoms with Gasteiger partial charge in [0.15, 0.2) is 5.65 Å². The molecule has 30 heavy (non-hydrogen) atoms. The molecule has 7 nitrogen and oxygen atoms in total. The van der Waals surface area contributed by atoms with Gasteiger partial charge in [0.1, 0.15) is 11.6 Å². The van der Waals surface area contributed by atoms with Gasteiger partial charge in [-0.15, -0.1) is 10.2 Å². The monoisotopic (exact) mass is 404 g/mol. The Morgan fingerprint density at radius 3 is 2.83 bits per heavy atom. The second-order valence-electron chi connectivity index (χ2n) is 7.32. The molecule has 1 saturated heterocycles. The van der Waals surface area contributed by atoms with Crippen LogP contribution in [0.1, 0.15) is 24.2 Å². The molecule has 1 aliphatic heterocycles. The van der Waals surface area contributed by atoms with Gasteiger partial charge in [-0.2, -0.15) is 0 Å². The first-order valence-electron chi connectivity index (χ1n) is 10.0. The molecule has 8 heteroatoms. The van der Waals surface area contributed by atoms with Crippen LogP contribution >= 0.6 is 0 Å². The first-order chi connectivity index (χ1) is 14.8. The van der Waals surface area contributed by atoms with Crippen molar-refractivity contribution in [3.8, 4) is 11.3 Å². The summed E-state index contributed by atoms with van der Waals surface area (Å²) in [5.74, 6) is 1.06. The van der Waals surface area contributed by atoms with Crippen LogP contribution in [0.15, 0.2) is 54.9 Å². The van der Waals surface area contributed by atoms with E-state index in [1.807, 2.05) is 34.9 Å². The van der Waals surface area contributed by atoms with Crippen molar-refractivity contribution in [2.45, 2.75) is 25.3 Å². The van der Waals surface area contributed by atoms with E-state index in [0.29, 0.717) is 35.4 Å². The maximum Gasteiger partial charge on any atom is 0.223 e. The molecule has 1 aliphatic rings. The van der Waals surface area contributed by atoms with Gasteiger partial charge >= 0.3 is 0 Å². The summed E-state index contributed by atoms with van der Waals surface area (Å²) in [7, 11) is 0. The molecule has 0 saturated carbocycles. The van der Waals surface area contributed by atoms with Crippen LogP contribution < -0.4 is 5.32 Å². The summed E-state index contributed by atoms with van der Waals surface area (Å²) in [6.07, 6.45) is 5.92. The number of hydrogen-bond acceptors (Lipinski definition) is 6. The van der Waals surface area contributed by atoms with Gasteiger partial charge < -0.3 is 10.1 Å². The molecular formula is C22H21FN6O. The Hall–Kier alpha value is -3.39. The first kappa shape index (κ1) is 18.6. The van der Waals surface area contributed by atoms with E-state index in [-0.39, 0.29) is 5.82 Å². The van der Waals surface area contributed by atoms with Crippen LogP contribution in [-0.4, -0.2) is 43.8 Å². The summed E-state index contributed by atoms with van der Waals surface area (Å²) in [6.45, 7) is 1.52. The molecule has 0 bridgehead atoms. The predicted octanol–water partition coefficient (Wildman–Crippen LogP) is 3.51. The molecular weight excluding hydrogens is 383 g/mol. The fourth-order valence-electron chi connectivity index (χ4n) is 3.65. The molecule has 1 aromatic carbocycles. The summed E-state index contributed by atoms with van der Waals surface area (Å²) in [5, 5.41) is 11.9. The summed E-state index contributed by atoms with van der Waals surface area (Å²) < 4.78 is 21.3. The number of rotatable bonds is 5. The highest BCUT2D eigenvalue weighted by atomic mass is 19.1. The second-order valence-corrected chi connectivity index (χ2v) is 7.32. The van der Waals surface area contributed by atoms with Crippen LogP contribution in [0.5, 0.6) is 0 Å². The highest BCUT2D eigenvalue weighted by molar-refractivity contribution is 5.64. The van der Waals surface area contributed by atoms with E-state index in [1.165, 1.54) is 6.07 Å². The Morgan fingerprint density at radius 2 is 1.97 bits per heavy atom. The molecule has 0 atom stereocenters. The number of hydrogen-bond donors (Lipinski definition) is 1. The van der Waals surface area contributed by atoms with Crippen molar-refractivity contribution in [1.29, 1.82) is 0 Å². The lowest BCUT2D eigenvalue weighted by atomic mass is 10.1. The van der Waals surface area contributed by atoms with Gasteiger partial charge in [0, 0.05) is 43.6 Å². The van der Waals surface area contributed by atoms with Crippen molar-refractivity contribution < 1.29 is 9.13 Å². The Bertz CT molecular complexity index is 1170. The maximum atomic E-state index is 14.0. The summed E-state index contributed by atoms with van der Waals surface area (Å²) in [6, 6.07) is 12.8. The smallest absolute Gasteiger partial charge is 0.223 e. The average molecular weight is 404 g/mol. The van der Waals surface area contributed by atoms with Crippen molar-refractivity contribution in [3.63, 3.8) is 0 Å². The third kappa shape index (κ3) is 3.86. The van der Waals surface area contributed by atoms with Crippen molar-refractivity contribution in [2.75, 3.05) is 18.5 Å². The fourth-order valence-corrected chi connectivity index (χ4v) is 3.65. The van der Waals surface area contributed by atoms with Crippen LogP contribution in [0.25, 0.3) is 16.9 Å². The topological polar surface area (TPSA) is 77.2 Å². The van der Waals surface area contributed by atoms with Gasteiger partial charge in [0.05, 0.1) is 5.69 Å². The molecule has 0 amide bonds. The number of ether oxygens (including phenoxy) is 1. The lowest BCUT2D eigenvalue weighted by molar-refractivity contribution is 0.0903. The number of halogens is 1. The summed E-state index contributed by atoms with van der Waals surface area (Å²) in [4.78, 5) is 9.01. The van der Waals surface area contributed by atoms with Crippen molar-refractivity contribution in [2.24, 2.45) is 0 Å². The van der Waals surface area contributed by atoms with E-state index in [4.69, 9.17) is 4.74 Å². The number of nitrogens with one attached hydrogen (secondary N) is 1. The van der Waals surface area contributed by atoms with E-state index in [0.717, 1.165) is 37.3 Å². The summed E-state index contributed by atoms with van der Waals surface area (Å²) >= 11 is 0. The number of nitrogens with zero attached hydrogens (tertiary/aromatic N) is 5. The Balaban J connectivity index is 1.39. The van der Waals surface area contributed by atoms with Crippen LogP contribution in [0, 0.1) is 5.82 Å². The minimum Gasteiger partial charge on any atom is -0.381 e. The molecule has 3 aromatic heterocycles. The number of fused-ring (bicyclic) bond motifs is 1. The van der Waals surface area contributed by atoms with Gasteiger partial charge in [-0.25, -0.2) is 14.4 Å². The third-order valence-electron chi connectivity index (χ3n) is 5.29. The molecule has 0 radical (unpaired) electrons. The van der Waals surface area contributed by atoms with Crippen LogP contribution in [-0.2, 0) is 11.2 Å². The van der Waals surface area contributed by atoms with Gasteiger partial charge in [0.25, 0.3) is 0 Å². The SMILES string of the molecule is Fc1ccccc1Cc1nnc2cc(-c3ccnc(NC4CCOCC4)n3)ccn12. The molecule has 152 valence electrons. The minimum atomic E-state index is -0.239. The molecule has 4 heterocycles. The predicted molar refractivity (Wildman–Crippen MR) is 111 cm³/mol. The second kappa shape index (κ2) is 8.16. The largest absolute Gasteiger partial charge is 0.381 e. The van der Waals surface area contributed by atoms with Crippen LogP contribution in [0.3, 0.4) is 0 Å². The highest BCUT2D eigenvalue weighted by Crippen LogP contribution is 2.21. The third-order valence-corrected chi connectivity index (χ3v) is 5.29. The average Bonchev–Trinajstić information content (AvgIpc) is 3.18. The van der Waals surface area contributed by atoms with Crippen LogP contribution in [0.2, 0.25) is 0 Å². The van der Waals surface area contributed by atoms with Crippen molar-refractivity contribution in [1.82, 2.24) is 24.6 Å². The molecule has 0 aliphatic carbocycles. The van der Waals surface area contributed by atoms with Gasteiger partial charge in [-0.1, -0.05) is 18.2 Å². The zero-order valence-electron chi connectivity index (χ0n) is 16.3. The zero-order valence-corrected chi connectivity index (χ0v) is 16.3. The van der Waals surface area contributed by atoms with E-state index >= 15 is 0 Å². The zero-order chi connectivity index (χ0) is 20.3. The number of pyridine rings is 1. The molecule has 1 N–H and O–H groups in total. The van der Waals surface area contributed by atoms with Crippen LogP contribution in [0.4, 0.5) is 10.3 Å².